The molecule has 0 N–H and O–H groups in total. The maximum atomic E-state index is 11.8. The number of hydrogen-bond donors (Lipinski definition) is 0. The highest BCUT2D eigenvalue weighted by Gasteiger charge is 2.66. The van der Waals surface area contributed by atoms with Gasteiger partial charge in [-0.1, -0.05) is 0 Å². The zero-order valence-corrected chi connectivity index (χ0v) is 7.84. The Labute approximate surface area is 94.4 Å². The maximum Gasteiger partial charge on any atom is 0.540 e. The van der Waals surface area contributed by atoms with Gasteiger partial charge < -0.3 is 0 Å². The molecule has 0 aliphatic carbocycles. The van der Waals surface area contributed by atoms with Crippen LogP contribution in [0.4, 0.5) is 52.7 Å². The molecule has 3 nitrogen and oxygen atoms in total. The molecule has 0 aliphatic heterocycles. The van der Waals surface area contributed by atoms with E-state index < -0.39 is 35.4 Å². The third-order valence-corrected chi connectivity index (χ3v) is 1.07. The number of halogens is 12. The Kier molecular flexibility index (Phi) is 4.61. The average Bonchev–Trinajstić information content (AvgIpc) is 1.91. The fourth-order valence-electron chi connectivity index (χ4n) is 0.654. The Balaban J connectivity index is 5.66. The van der Waals surface area contributed by atoms with Crippen LogP contribution < -0.4 is 0 Å². The zero-order valence-electron chi connectivity index (χ0n) is 7.84. The zero-order chi connectivity index (χ0) is 15.9. The van der Waals surface area contributed by atoms with Crippen molar-refractivity contribution in [2.75, 3.05) is 0 Å². The topological polar surface area (TPSA) is 15.7 Å². The van der Waals surface area contributed by atoms with Crippen LogP contribution in [0.5, 0.6) is 0 Å². The molecule has 0 saturated carbocycles. The molecule has 0 amide bonds. The minimum Gasteiger partial charge on any atom is -0.176 e. The third-order valence-electron chi connectivity index (χ3n) is 1.07. The minimum atomic E-state index is -6.86. The number of nitrogens with zero attached hydrogens (tertiary/aromatic N) is 2. The summed E-state index contributed by atoms with van der Waals surface area (Å²) in [5, 5.41) is -6.82. The van der Waals surface area contributed by atoms with Crippen molar-refractivity contribution in [3.63, 3.8) is 0 Å². The van der Waals surface area contributed by atoms with Gasteiger partial charge in [-0.15, -0.1) is 13.2 Å². The molecule has 0 atom stereocenters. The van der Waals surface area contributed by atoms with E-state index in [0.717, 1.165) is 0 Å². The molecule has 0 aliphatic rings. The summed E-state index contributed by atoms with van der Waals surface area (Å²) >= 11 is 0. The second-order valence-electron chi connectivity index (χ2n) is 2.53. The lowest BCUT2D eigenvalue weighted by Gasteiger charge is -2.35. The summed E-state index contributed by atoms with van der Waals surface area (Å²) in [7, 11) is 0. The number of alkyl halides is 12. The summed E-state index contributed by atoms with van der Waals surface area (Å²) in [6, 6.07) is 0. The number of rotatable bonds is 2. The summed E-state index contributed by atoms with van der Waals surface area (Å²) in [6.45, 7) is 0. The van der Waals surface area contributed by atoms with Gasteiger partial charge >= 0.3 is 25.3 Å². The summed E-state index contributed by atoms with van der Waals surface area (Å²) in [4.78, 5) is 1.71. The Hall–Kier alpha value is -0.960. The van der Waals surface area contributed by atoms with Crippen LogP contribution in [0.25, 0.3) is 0 Å². The standard InChI is InChI=1S/C4F12N2O/c5-1(6,7)17(2(8,9)10)18(3(11,12)13)19-4(14,15)16. The Bertz CT molecular complexity index is 283. The summed E-state index contributed by atoms with van der Waals surface area (Å²) in [5.74, 6) is 0. The van der Waals surface area contributed by atoms with Crippen molar-refractivity contribution < 1.29 is 57.5 Å². The largest absolute Gasteiger partial charge is 0.540 e. The van der Waals surface area contributed by atoms with E-state index in [2.05, 4.69) is 0 Å². The molecule has 0 radical (unpaired) electrons. The van der Waals surface area contributed by atoms with Gasteiger partial charge in [-0.2, -0.15) is 44.4 Å². The first kappa shape index (κ1) is 18.0. The molecule has 15 heteroatoms. The SMILES string of the molecule is FC(F)(F)ON(N(C(F)(F)F)C(F)(F)F)C(F)(F)F. The van der Waals surface area contributed by atoms with Crippen molar-refractivity contribution in [3.05, 3.63) is 0 Å². The van der Waals surface area contributed by atoms with Crippen molar-refractivity contribution >= 4 is 0 Å². The minimum absolute atomic E-state index is 1.71. The fourth-order valence-corrected chi connectivity index (χ4v) is 0.654. The number of hydrogen-bond acceptors (Lipinski definition) is 3. The summed E-state index contributed by atoms with van der Waals surface area (Å²) in [6.07, 6.45) is -26.9. The quantitative estimate of drug-likeness (QED) is 0.440. The molecule has 0 rings (SSSR count). The molecule has 0 aromatic rings. The van der Waals surface area contributed by atoms with E-state index >= 15 is 0 Å². The van der Waals surface area contributed by atoms with Crippen LogP contribution in [0.15, 0.2) is 0 Å². The lowest BCUT2D eigenvalue weighted by molar-refractivity contribution is -0.599. The van der Waals surface area contributed by atoms with Gasteiger partial charge in [0.2, 0.25) is 0 Å². The molecule has 0 bridgehead atoms. The molecule has 0 unspecified atom stereocenters. The van der Waals surface area contributed by atoms with Gasteiger partial charge in [-0.05, 0) is 5.01 Å². The molecule has 0 spiro atoms. The number of hydroxylamine groups is 1. The highest BCUT2D eigenvalue weighted by Crippen LogP contribution is 2.41. The van der Waals surface area contributed by atoms with Crippen LogP contribution in [0.3, 0.4) is 0 Å². The van der Waals surface area contributed by atoms with Gasteiger partial charge in [0.1, 0.15) is 0 Å². The van der Waals surface area contributed by atoms with Crippen molar-refractivity contribution in [3.8, 4) is 0 Å². The lowest BCUT2D eigenvalue weighted by atomic mass is 10.9. The highest BCUT2D eigenvalue weighted by atomic mass is 19.4. The maximum absolute atomic E-state index is 11.8. The first-order chi connectivity index (χ1) is 7.96. The van der Waals surface area contributed by atoms with Crippen LogP contribution in [0, 0.1) is 0 Å². The first-order valence-electron chi connectivity index (χ1n) is 3.53. The smallest absolute Gasteiger partial charge is 0.176 e. The van der Waals surface area contributed by atoms with Crippen molar-refractivity contribution in [2.45, 2.75) is 25.3 Å². The van der Waals surface area contributed by atoms with E-state index in [1.54, 1.807) is 4.84 Å². The van der Waals surface area contributed by atoms with E-state index in [1.165, 1.54) is 0 Å². The molecule has 0 saturated heterocycles. The van der Waals surface area contributed by atoms with Crippen LogP contribution in [-0.4, -0.2) is 35.4 Å². The van der Waals surface area contributed by atoms with E-state index in [9.17, 15) is 52.7 Å². The molecular formula is C4F12N2O. The van der Waals surface area contributed by atoms with Gasteiger partial charge in [0.05, 0.1) is 0 Å². The normalized spacial score (nSPS) is 15.5. The van der Waals surface area contributed by atoms with E-state index in [0.29, 0.717) is 0 Å². The van der Waals surface area contributed by atoms with E-state index in [1.807, 2.05) is 0 Å². The second-order valence-corrected chi connectivity index (χ2v) is 2.53. The van der Waals surface area contributed by atoms with Gasteiger partial charge in [0, 0.05) is 5.17 Å². The summed E-state index contributed by atoms with van der Waals surface area (Å²) in [5.41, 5.74) is 0. The lowest BCUT2D eigenvalue weighted by Crippen LogP contribution is -2.63. The molecule has 0 aromatic carbocycles. The second kappa shape index (κ2) is 4.86. The Morgan fingerprint density at radius 1 is 0.526 bits per heavy atom. The van der Waals surface area contributed by atoms with Crippen LogP contribution >= 0.6 is 0 Å². The van der Waals surface area contributed by atoms with Gasteiger partial charge in [-0.25, -0.2) is 0 Å². The Morgan fingerprint density at radius 2 is 0.842 bits per heavy atom. The Morgan fingerprint density at radius 3 is 1.00 bits per heavy atom. The number of hydrazine groups is 1. The third kappa shape index (κ3) is 5.68. The highest BCUT2D eigenvalue weighted by molar-refractivity contribution is 4.60. The van der Waals surface area contributed by atoms with E-state index in [-0.39, 0.29) is 0 Å². The predicted octanol–water partition coefficient (Wildman–Crippen LogP) is 3.52. The molecular weight excluding hydrogens is 320 g/mol. The fraction of sp³-hybridized carbons (Fsp3) is 1.00. The predicted molar refractivity (Wildman–Crippen MR) is 29.0 cm³/mol. The van der Waals surface area contributed by atoms with E-state index in [4.69, 9.17) is 0 Å². The van der Waals surface area contributed by atoms with Gasteiger partial charge in [-0.3, -0.25) is 0 Å². The summed E-state index contributed by atoms with van der Waals surface area (Å²) < 4.78 is 141. The van der Waals surface area contributed by atoms with Crippen LogP contribution in [0.2, 0.25) is 0 Å². The van der Waals surface area contributed by atoms with Crippen LogP contribution in [-0.2, 0) is 4.84 Å². The first-order valence-corrected chi connectivity index (χ1v) is 3.53. The molecule has 0 heterocycles. The molecule has 116 valence electrons. The van der Waals surface area contributed by atoms with Crippen LogP contribution in [0.1, 0.15) is 0 Å². The average molecular weight is 320 g/mol. The molecule has 0 fully saturated rings. The molecule has 19 heavy (non-hydrogen) atoms. The van der Waals surface area contributed by atoms with Gasteiger partial charge in [0.15, 0.2) is 0 Å². The monoisotopic (exact) mass is 320 g/mol. The molecule has 0 aromatic heterocycles. The van der Waals surface area contributed by atoms with Gasteiger partial charge in [0.25, 0.3) is 0 Å². The van der Waals surface area contributed by atoms with Crippen molar-refractivity contribution in [1.82, 2.24) is 10.2 Å². The van der Waals surface area contributed by atoms with Crippen molar-refractivity contribution in [1.29, 1.82) is 0 Å². The van der Waals surface area contributed by atoms with Crippen molar-refractivity contribution in [2.24, 2.45) is 0 Å².